The third-order valence-corrected chi connectivity index (χ3v) is 5.25. The van der Waals surface area contributed by atoms with Crippen LogP contribution in [0.25, 0.3) is 0 Å². The van der Waals surface area contributed by atoms with E-state index in [4.69, 9.17) is 16.1 Å². The van der Waals surface area contributed by atoms with E-state index in [9.17, 15) is 4.79 Å². The predicted octanol–water partition coefficient (Wildman–Crippen LogP) is 4.25. The number of likely N-dealkylation sites (tertiary alicyclic amines) is 1. The average Bonchev–Trinajstić information content (AvgIpc) is 3.28. The Labute approximate surface area is 162 Å². The fraction of sp³-hybridized carbons (Fsp3) is 0.350. The number of amides is 1. The summed E-state index contributed by atoms with van der Waals surface area (Å²) in [5, 5.41) is 8.83. The largest absolute Gasteiger partial charge is 0.361 e. The zero-order valence-corrected chi connectivity index (χ0v) is 15.9. The minimum atomic E-state index is -0.0892. The minimum Gasteiger partial charge on any atom is -0.361 e. The Morgan fingerprint density at radius 3 is 2.85 bits per heavy atom. The van der Waals surface area contributed by atoms with Gasteiger partial charge in [0, 0.05) is 18.3 Å². The first-order valence-electron chi connectivity index (χ1n) is 9.12. The van der Waals surface area contributed by atoms with Crippen LogP contribution in [0.3, 0.4) is 0 Å². The highest BCUT2D eigenvalue weighted by Crippen LogP contribution is 2.32. The van der Waals surface area contributed by atoms with Crippen molar-refractivity contribution in [2.45, 2.75) is 38.8 Å². The quantitative estimate of drug-likeness (QED) is 0.674. The molecule has 7 heteroatoms. The van der Waals surface area contributed by atoms with E-state index in [-0.39, 0.29) is 11.9 Å². The van der Waals surface area contributed by atoms with E-state index in [2.05, 4.69) is 22.4 Å². The number of rotatable bonds is 4. The number of carbonyl (C=O) groups excluding carboxylic acids is 1. The molecular formula is C20H21ClN4O2. The molecule has 1 aliphatic rings. The minimum absolute atomic E-state index is 0.0662. The highest BCUT2D eigenvalue weighted by molar-refractivity contribution is 6.30. The number of aromatic nitrogens is 3. The van der Waals surface area contributed by atoms with Gasteiger partial charge >= 0.3 is 0 Å². The van der Waals surface area contributed by atoms with E-state index in [0.717, 1.165) is 36.9 Å². The maximum Gasteiger partial charge on any atom is 0.276 e. The van der Waals surface area contributed by atoms with Crippen molar-refractivity contribution < 1.29 is 9.32 Å². The Bertz CT molecular complexity index is 935. The molecule has 0 aliphatic carbocycles. The van der Waals surface area contributed by atoms with Gasteiger partial charge in [-0.25, -0.2) is 0 Å². The zero-order chi connectivity index (χ0) is 18.8. The van der Waals surface area contributed by atoms with E-state index in [1.165, 1.54) is 0 Å². The molecule has 3 aromatic rings. The molecule has 3 heterocycles. The number of aryl methyl sites for hydroxylation is 1. The molecule has 1 amide bonds. The van der Waals surface area contributed by atoms with Crippen LogP contribution < -0.4 is 0 Å². The maximum absolute atomic E-state index is 13.4. The summed E-state index contributed by atoms with van der Waals surface area (Å²) in [5.74, 6) is 0.534. The predicted molar refractivity (Wildman–Crippen MR) is 102 cm³/mol. The first-order chi connectivity index (χ1) is 13.1. The summed E-state index contributed by atoms with van der Waals surface area (Å²) in [5.41, 5.74) is 2.27. The van der Waals surface area contributed by atoms with Gasteiger partial charge in [0.05, 0.1) is 23.8 Å². The van der Waals surface area contributed by atoms with E-state index < -0.39 is 0 Å². The molecule has 1 aliphatic heterocycles. The number of nitrogens with zero attached hydrogens (tertiary/aromatic N) is 4. The van der Waals surface area contributed by atoms with Gasteiger partial charge in [-0.05, 0) is 31.7 Å². The summed E-state index contributed by atoms with van der Waals surface area (Å²) in [6.45, 7) is 2.93. The van der Waals surface area contributed by atoms with Crippen LogP contribution in [-0.4, -0.2) is 32.3 Å². The van der Waals surface area contributed by atoms with Crippen molar-refractivity contribution in [3.05, 3.63) is 70.3 Å². The van der Waals surface area contributed by atoms with Gasteiger partial charge in [0.1, 0.15) is 5.76 Å². The topological polar surface area (TPSA) is 64.2 Å². The molecule has 1 unspecified atom stereocenters. The molecule has 4 rings (SSSR count). The second-order valence-corrected chi connectivity index (χ2v) is 7.28. The lowest BCUT2D eigenvalue weighted by atomic mass is 9.94. The third kappa shape index (κ3) is 3.62. The van der Waals surface area contributed by atoms with Crippen molar-refractivity contribution in [1.29, 1.82) is 0 Å². The lowest BCUT2D eigenvalue weighted by Gasteiger charge is -2.35. The van der Waals surface area contributed by atoms with Crippen molar-refractivity contribution in [3.63, 3.8) is 0 Å². The molecule has 0 N–H and O–H groups in total. The van der Waals surface area contributed by atoms with Crippen LogP contribution >= 0.6 is 11.6 Å². The molecule has 1 atom stereocenters. The summed E-state index contributed by atoms with van der Waals surface area (Å²) in [4.78, 5) is 15.3. The number of benzene rings is 1. The van der Waals surface area contributed by atoms with Gasteiger partial charge in [-0.1, -0.05) is 47.1 Å². The number of hydrogen-bond donors (Lipinski definition) is 0. The number of halogens is 1. The summed E-state index contributed by atoms with van der Waals surface area (Å²) in [7, 11) is 0. The Kier molecular flexibility index (Phi) is 4.99. The third-order valence-electron chi connectivity index (χ3n) is 5.06. The van der Waals surface area contributed by atoms with E-state index in [0.29, 0.717) is 23.0 Å². The van der Waals surface area contributed by atoms with Crippen LogP contribution in [-0.2, 0) is 6.54 Å². The van der Waals surface area contributed by atoms with Crippen LogP contribution in [0, 0.1) is 6.92 Å². The Morgan fingerprint density at radius 2 is 2.11 bits per heavy atom. The smallest absolute Gasteiger partial charge is 0.276 e. The Balaban J connectivity index is 1.63. The number of hydrogen-bond acceptors (Lipinski definition) is 4. The van der Waals surface area contributed by atoms with Crippen LogP contribution in [0.1, 0.15) is 52.7 Å². The van der Waals surface area contributed by atoms with Gasteiger partial charge in [-0.15, -0.1) is 0 Å². The lowest BCUT2D eigenvalue weighted by Crippen LogP contribution is -2.39. The van der Waals surface area contributed by atoms with Gasteiger partial charge in [0.2, 0.25) is 0 Å². The molecule has 6 nitrogen and oxygen atoms in total. The summed E-state index contributed by atoms with van der Waals surface area (Å²) < 4.78 is 7.04. The first kappa shape index (κ1) is 17.8. The van der Waals surface area contributed by atoms with E-state index >= 15 is 0 Å². The summed E-state index contributed by atoms with van der Waals surface area (Å²) in [6.07, 6.45) is 6.35. The highest BCUT2D eigenvalue weighted by Gasteiger charge is 2.32. The fourth-order valence-corrected chi connectivity index (χ4v) is 3.82. The molecule has 0 spiro atoms. The molecule has 0 radical (unpaired) electrons. The van der Waals surface area contributed by atoms with Gasteiger partial charge in [-0.2, -0.15) is 5.10 Å². The van der Waals surface area contributed by atoms with Crippen LogP contribution in [0.15, 0.2) is 47.2 Å². The Morgan fingerprint density at radius 1 is 1.30 bits per heavy atom. The molecule has 0 bridgehead atoms. The van der Waals surface area contributed by atoms with Gasteiger partial charge < -0.3 is 9.42 Å². The Hall–Kier alpha value is -2.60. The summed E-state index contributed by atoms with van der Waals surface area (Å²) in [6, 6.07) is 10.2. The second kappa shape index (κ2) is 7.56. The molecule has 2 aromatic heterocycles. The normalized spacial score (nSPS) is 17.3. The van der Waals surface area contributed by atoms with Gasteiger partial charge in [-0.3, -0.25) is 9.48 Å². The SMILES string of the molecule is Cc1onc(C(=O)N2CCCCC2c2ccccc2)c1Cn1cc(Cl)cn1. The van der Waals surface area contributed by atoms with E-state index in [1.54, 1.807) is 17.1 Å². The van der Waals surface area contributed by atoms with E-state index in [1.807, 2.05) is 30.0 Å². The van der Waals surface area contributed by atoms with Crippen LogP contribution in [0.2, 0.25) is 5.02 Å². The van der Waals surface area contributed by atoms with Gasteiger partial charge in [0.15, 0.2) is 5.69 Å². The molecule has 1 aromatic carbocycles. The molecule has 140 valence electrons. The molecular weight excluding hydrogens is 364 g/mol. The average molecular weight is 385 g/mol. The maximum atomic E-state index is 13.4. The monoisotopic (exact) mass is 384 g/mol. The molecule has 0 saturated carbocycles. The van der Waals surface area contributed by atoms with Crippen molar-refractivity contribution in [2.24, 2.45) is 0 Å². The van der Waals surface area contributed by atoms with Crippen LogP contribution in [0.5, 0.6) is 0 Å². The highest BCUT2D eigenvalue weighted by atomic mass is 35.5. The van der Waals surface area contributed by atoms with Crippen LogP contribution in [0.4, 0.5) is 0 Å². The molecule has 1 saturated heterocycles. The zero-order valence-electron chi connectivity index (χ0n) is 15.1. The summed E-state index contributed by atoms with van der Waals surface area (Å²) >= 11 is 5.95. The lowest BCUT2D eigenvalue weighted by molar-refractivity contribution is 0.0600. The molecule has 1 fully saturated rings. The fourth-order valence-electron chi connectivity index (χ4n) is 3.66. The standard InChI is InChI=1S/C20H21ClN4O2/c1-14-17(13-24-12-16(21)11-22-24)19(23-27-14)20(26)25-10-6-5-9-18(25)15-7-3-2-4-8-15/h2-4,7-8,11-12,18H,5-6,9-10,13H2,1H3. The van der Waals surface area contributed by atoms with Gasteiger partial charge in [0.25, 0.3) is 5.91 Å². The van der Waals surface area contributed by atoms with Crippen molar-refractivity contribution >= 4 is 17.5 Å². The number of piperidine rings is 1. The first-order valence-corrected chi connectivity index (χ1v) is 9.50. The van der Waals surface area contributed by atoms with Crippen molar-refractivity contribution in [2.75, 3.05) is 6.54 Å². The van der Waals surface area contributed by atoms with Crippen molar-refractivity contribution in [1.82, 2.24) is 19.8 Å². The van der Waals surface area contributed by atoms with Crippen molar-refractivity contribution in [3.8, 4) is 0 Å². The number of carbonyl (C=O) groups is 1. The second-order valence-electron chi connectivity index (χ2n) is 6.84. The molecule has 27 heavy (non-hydrogen) atoms.